The molecule has 5 rings (SSSR count). The average Bonchev–Trinajstić information content (AvgIpc) is 3.34. The lowest BCUT2D eigenvalue weighted by molar-refractivity contribution is -0.153. The average molecular weight is 583 g/mol. The monoisotopic (exact) mass is 582 g/mol. The Balaban J connectivity index is 1.53. The maximum absolute atomic E-state index is 13.5. The summed E-state index contributed by atoms with van der Waals surface area (Å²) in [5.41, 5.74) is 1.49. The number of aromatic nitrogens is 2. The van der Waals surface area contributed by atoms with Crippen LogP contribution in [0.25, 0.3) is 5.69 Å². The molecule has 0 fully saturated rings. The molecule has 0 saturated heterocycles. The maximum Gasteiger partial charge on any atom is 0.422 e. The number of halogens is 4. The van der Waals surface area contributed by atoms with Crippen molar-refractivity contribution in [1.82, 2.24) is 15.1 Å². The van der Waals surface area contributed by atoms with E-state index < -0.39 is 45.7 Å². The molecule has 1 aliphatic carbocycles. The fraction of sp³-hybridized carbons (Fsp3) is 0.320. The largest absolute Gasteiger partial charge is 0.484 e. The number of rotatable bonds is 6. The second-order valence-electron chi connectivity index (χ2n) is 9.62. The van der Waals surface area contributed by atoms with Crippen LogP contribution < -0.4 is 15.4 Å². The quantitative estimate of drug-likeness (QED) is 0.459. The van der Waals surface area contributed by atoms with E-state index in [-0.39, 0.29) is 23.6 Å². The van der Waals surface area contributed by atoms with Crippen LogP contribution >= 0.6 is 11.6 Å². The molecule has 2 aliphatic rings. The van der Waals surface area contributed by atoms with Crippen LogP contribution in [-0.4, -0.2) is 54.8 Å². The van der Waals surface area contributed by atoms with Crippen molar-refractivity contribution in [2.45, 2.75) is 31.0 Å². The standard InChI is InChI=1S/C25H22ClF3N4O5S/c1-39(36,37)12-20(34)30-22-21-19(32-33(22)16-4-2-3-15(26)10-16)11-24(31-23(21)35)8-7-14-9-17(5-6-18(14)24)38-13-25(27,28)29/h2-6,9-10H,7-8,11-13H2,1H3,(H,30,34)(H,31,35)/t24-/m0/s1. The Hall–Kier alpha value is -3.58. The maximum atomic E-state index is 13.5. The van der Waals surface area contributed by atoms with Gasteiger partial charge < -0.3 is 15.4 Å². The number of ether oxygens (including phenoxy) is 1. The first kappa shape index (κ1) is 27.0. The predicted octanol–water partition coefficient (Wildman–Crippen LogP) is 3.58. The van der Waals surface area contributed by atoms with E-state index in [0.717, 1.165) is 17.4 Å². The third-order valence-corrected chi connectivity index (χ3v) is 7.55. The highest BCUT2D eigenvalue weighted by molar-refractivity contribution is 7.91. The molecule has 2 amide bonds. The van der Waals surface area contributed by atoms with Gasteiger partial charge in [0, 0.05) is 17.7 Å². The van der Waals surface area contributed by atoms with Crippen molar-refractivity contribution in [3.8, 4) is 11.4 Å². The van der Waals surface area contributed by atoms with Gasteiger partial charge in [-0.1, -0.05) is 23.7 Å². The molecule has 39 heavy (non-hydrogen) atoms. The van der Waals surface area contributed by atoms with Crippen LogP contribution in [0.4, 0.5) is 19.0 Å². The molecular weight excluding hydrogens is 561 g/mol. The summed E-state index contributed by atoms with van der Waals surface area (Å²) in [6.07, 6.45) is -2.36. The Morgan fingerprint density at radius 2 is 2.03 bits per heavy atom. The van der Waals surface area contributed by atoms with Crippen LogP contribution in [0, 0.1) is 0 Å². The number of aryl methyl sites for hydroxylation is 1. The third-order valence-electron chi connectivity index (χ3n) is 6.53. The number of alkyl halides is 3. The van der Waals surface area contributed by atoms with Crippen molar-refractivity contribution >= 4 is 39.1 Å². The fourth-order valence-electron chi connectivity index (χ4n) is 5.05. The van der Waals surface area contributed by atoms with E-state index in [9.17, 15) is 31.2 Å². The van der Waals surface area contributed by atoms with E-state index >= 15 is 0 Å². The van der Waals surface area contributed by atoms with Gasteiger partial charge in [-0.05, 0) is 54.3 Å². The van der Waals surface area contributed by atoms with Gasteiger partial charge in [0.25, 0.3) is 5.91 Å². The summed E-state index contributed by atoms with van der Waals surface area (Å²) in [5, 5.41) is 10.5. The molecule has 3 aromatic rings. The van der Waals surface area contributed by atoms with Gasteiger partial charge in [0.15, 0.2) is 16.4 Å². The first-order valence-electron chi connectivity index (χ1n) is 11.7. The van der Waals surface area contributed by atoms with Gasteiger partial charge in [0.05, 0.1) is 16.9 Å². The summed E-state index contributed by atoms with van der Waals surface area (Å²) in [4.78, 5) is 26.1. The summed E-state index contributed by atoms with van der Waals surface area (Å²) < 4.78 is 67.3. The zero-order valence-electron chi connectivity index (χ0n) is 20.4. The molecule has 1 aromatic heterocycles. The summed E-state index contributed by atoms with van der Waals surface area (Å²) >= 11 is 6.15. The molecule has 0 saturated carbocycles. The zero-order chi connectivity index (χ0) is 28.2. The molecule has 14 heteroatoms. The number of benzene rings is 2. The molecule has 1 spiro atoms. The van der Waals surface area contributed by atoms with E-state index in [4.69, 9.17) is 16.3 Å². The SMILES string of the molecule is CS(=O)(=O)CC(=O)Nc1c2c(nn1-c1cccc(Cl)c1)C[C@]1(CCc3cc(OCC(F)(F)F)ccc31)NC2=O. The number of sulfone groups is 1. The van der Waals surface area contributed by atoms with Crippen LogP contribution in [0.1, 0.15) is 33.6 Å². The number of nitrogens with zero attached hydrogens (tertiary/aromatic N) is 2. The van der Waals surface area contributed by atoms with E-state index in [2.05, 4.69) is 15.7 Å². The van der Waals surface area contributed by atoms with Gasteiger partial charge in [-0.25, -0.2) is 13.1 Å². The van der Waals surface area contributed by atoms with Crippen molar-refractivity contribution in [2.24, 2.45) is 0 Å². The Morgan fingerprint density at radius 3 is 2.72 bits per heavy atom. The van der Waals surface area contributed by atoms with E-state index in [1.165, 1.54) is 10.7 Å². The molecule has 9 nitrogen and oxygen atoms in total. The van der Waals surface area contributed by atoms with Crippen molar-refractivity contribution in [3.05, 3.63) is 69.9 Å². The van der Waals surface area contributed by atoms with Crippen LogP contribution in [0.3, 0.4) is 0 Å². The van der Waals surface area contributed by atoms with E-state index in [1.54, 1.807) is 36.4 Å². The number of hydrogen-bond donors (Lipinski definition) is 2. The molecule has 0 unspecified atom stereocenters. The van der Waals surface area contributed by atoms with Gasteiger partial charge in [-0.2, -0.15) is 18.3 Å². The van der Waals surface area contributed by atoms with Crippen LogP contribution in [-0.2, 0) is 33.0 Å². The lowest BCUT2D eigenvalue weighted by atomic mass is 9.82. The van der Waals surface area contributed by atoms with E-state index in [0.29, 0.717) is 29.2 Å². The molecule has 1 aliphatic heterocycles. The molecule has 206 valence electrons. The molecule has 0 radical (unpaired) electrons. The Kier molecular flexibility index (Phi) is 6.62. The first-order chi connectivity index (χ1) is 18.2. The Bertz CT molecular complexity index is 1610. The summed E-state index contributed by atoms with van der Waals surface area (Å²) in [5.74, 6) is -2.09. The van der Waals surface area contributed by atoms with E-state index in [1.807, 2.05) is 0 Å². The van der Waals surface area contributed by atoms with Gasteiger partial charge in [-0.3, -0.25) is 9.59 Å². The van der Waals surface area contributed by atoms with Crippen LogP contribution in [0.5, 0.6) is 5.75 Å². The van der Waals surface area contributed by atoms with Gasteiger partial charge in [0.1, 0.15) is 22.9 Å². The lowest BCUT2D eigenvalue weighted by Crippen LogP contribution is -2.49. The molecule has 0 bridgehead atoms. The minimum absolute atomic E-state index is 0.00221. The van der Waals surface area contributed by atoms with Crippen LogP contribution in [0.2, 0.25) is 5.02 Å². The van der Waals surface area contributed by atoms with Crippen molar-refractivity contribution in [3.63, 3.8) is 0 Å². The normalized spacial score (nSPS) is 18.4. The number of carbonyl (C=O) groups excluding carboxylic acids is 2. The highest BCUT2D eigenvalue weighted by Gasteiger charge is 2.47. The number of fused-ring (bicyclic) bond motifs is 3. The first-order valence-corrected chi connectivity index (χ1v) is 14.2. The molecule has 1 atom stereocenters. The highest BCUT2D eigenvalue weighted by atomic mass is 35.5. The number of nitrogens with one attached hydrogen (secondary N) is 2. The predicted molar refractivity (Wildman–Crippen MR) is 136 cm³/mol. The number of anilines is 1. The summed E-state index contributed by atoms with van der Waals surface area (Å²) in [6.45, 7) is -1.41. The molecule has 2 heterocycles. The highest BCUT2D eigenvalue weighted by Crippen LogP contribution is 2.44. The smallest absolute Gasteiger partial charge is 0.422 e. The number of amides is 2. The number of carbonyl (C=O) groups is 2. The summed E-state index contributed by atoms with van der Waals surface area (Å²) in [6, 6.07) is 11.2. The minimum Gasteiger partial charge on any atom is -0.484 e. The van der Waals surface area contributed by atoms with Crippen molar-refractivity contribution < 1.29 is 35.9 Å². The Morgan fingerprint density at radius 1 is 1.26 bits per heavy atom. The van der Waals surface area contributed by atoms with Crippen LogP contribution in [0.15, 0.2) is 42.5 Å². The molecular formula is C25H22ClF3N4O5S. The molecule has 2 N–H and O–H groups in total. The van der Waals surface area contributed by atoms with Crippen molar-refractivity contribution in [2.75, 3.05) is 23.9 Å². The second-order valence-corrected chi connectivity index (χ2v) is 12.2. The van der Waals surface area contributed by atoms with Crippen molar-refractivity contribution in [1.29, 1.82) is 0 Å². The van der Waals surface area contributed by atoms with Gasteiger partial charge in [-0.15, -0.1) is 0 Å². The summed E-state index contributed by atoms with van der Waals surface area (Å²) in [7, 11) is -3.65. The zero-order valence-corrected chi connectivity index (χ0v) is 22.0. The number of hydrogen-bond acceptors (Lipinski definition) is 6. The van der Waals surface area contributed by atoms with Gasteiger partial charge in [0.2, 0.25) is 5.91 Å². The second kappa shape index (κ2) is 9.56. The topological polar surface area (TPSA) is 119 Å². The minimum atomic E-state index is -4.47. The third kappa shape index (κ3) is 5.59. The lowest BCUT2D eigenvalue weighted by Gasteiger charge is -2.35. The fourth-order valence-corrected chi connectivity index (χ4v) is 5.78. The molecule has 2 aromatic carbocycles. The Labute approximate surface area is 226 Å². The van der Waals surface area contributed by atoms with Gasteiger partial charge >= 0.3 is 6.18 Å².